The third kappa shape index (κ3) is 4.08. The average molecular weight is 262 g/mol. The fraction of sp³-hybridized carbons (Fsp3) is 0.733. The molecule has 1 aromatic rings. The Morgan fingerprint density at radius 2 is 2.16 bits per heavy atom. The zero-order valence-corrected chi connectivity index (χ0v) is 12.4. The summed E-state index contributed by atoms with van der Waals surface area (Å²) >= 11 is 0. The molecule has 1 fully saturated rings. The van der Waals surface area contributed by atoms with E-state index in [0.29, 0.717) is 0 Å². The first-order valence-electron chi connectivity index (χ1n) is 7.50. The van der Waals surface area contributed by atoms with Gasteiger partial charge in [0.1, 0.15) is 5.82 Å². The lowest BCUT2D eigenvalue weighted by Gasteiger charge is -2.14. The third-order valence-corrected chi connectivity index (χ3v) is 3.87. The van der Waals surface area contributed by atoms with Crippen LogP contribution in [0.25, 0.3) is 0 Å². The minimum atomic E-state index is 0.731. The number of nitrogens with zero attached hydrogens (tertiary/aromatic N) is 2. The molecule has 1 aromatic heterocycles. The van der Waals surface area contributed by atoms with Crippen molar-refractivity contribution in [3.05, 3.63) is 11.8 Å². The number of nitrogens with one attached hydrogen (secondary N) is 2. The average Bonchev–Trinajstić information content (AvgIpc) is 2.82. The molecular weight excluding hydrogens is 236 g/mol. The highest BCUT2D eigenvalue weighted by atomic mass is 15.1. The van der Waals surface area contributed by atoms with Crippen molar-refractivity contribution in [3.8, 4) is 0 Å². The summed E-state index contributed by atoms with van der Waals surface area (Å²) < 4.78 is 0. The van der Waals surface area contributed by atoms with Crippen molar-refractivity contribution >= 4 is 11.8 Å². The first-order chi connectivity index (χ1) is 9.19. The van der Waals surface area contributed by atoms with E-state index in [1.807, 2.05) is 6.20 Å². The number of aryl methyl sites for hydroxylation is 1. The van der Waals surface area contributed by atoms with Crippen LogP contribution in [0, 0.1) is 18.8 Å². The second-order valence-electron chi connectivity index (χ2n) is 5.82. The first-order valence-corrected chi connectivity index (χ1v) is 7.50. The van der Waals surface area contributed by atoms with Gasteiger partial charge in [-0.05, 0) is 38.0 Å². The van der Waals surface area contributed by atoms with Crippen LogP contribution in [0.4, 0.5) is 11.8 Å². The Morgan fingerprint density at radius 1 is 1.32 bits per heavy atom. The summed E-state index contributed by atoms with van der Waals surface area (Å²) in [6.07, 6.45) is 7.04. The lowest BCUT2D eigenvalue weighted by atomic mass is 10.1. The number of hydrogen-bond acceptors (Lipinski definition) is 4. The van der Waals surface area contributed by atoms with Crippen molar-refractivity contribution in [1.82, 2.24) is 9.97 Å². The Bertz CT molecular complexity index is 405. The molecule has 0 amide bonds. The van der Waals surface area contributed by atoms with Crippen molar-refractivity contribution in [2.24, 2.45) is 11.8 Å². The Morgan fingerprint density at radius 3 is 2.84 bits per heavy atom. The SMILES string of the molecule is CCCNc1ncc(C)c(NCC2CCC(C)C2)n1. The van der Waals surface area contributed by atoms with Crippen molar-refractivity contribution in [2.45, 2.75) is 46.5 Å². The van der Waals surface area contributed by atoms with Gasteiger partial charge in [-0.1, -0.05) is 20.3 Å². The van der Waals surface area contributed by atoms with Crippen LogP contribution >= 0.6 is 0 Å². The maximum atomic E-state index is 4.56. The second-order valence-corrected chi connectivity index (χ2v) is 5.82. The summed E-state index contributed by atoms with van der Waals surface area (Å²) in [7, 11) is 0. The van der Waals surface area contributed by atoms with Crippen molar-refractivity contribution in [1.29, 1.82) is 0 Å². The predicted molar refractivity (Wildman–Crippen MR) is 80.5 cm³/mol. The van der Waals surface area contributed by atoms with E-state index >= 15 is 0 Å². The molecule has 19 heavy (non-hydrogen) atoms. The van der Waals surface area contributed by atoms with Gasteiger partial charge in [0.2, 0.25) is 5.95 Å². The highest BCUT2D eigenvalue weighted by Crippen LogP contribution is 2.30. The number of aromatic nitrogens is 2. The molecule has 0 bridgehead atoms. The third-order valence-electron chi connectivity index (χ3n) is 3.87. The molecule has 1 heterocycles. The summed E-state index contributed by atoms with van der Waals surface area (Å²) in [6.45, 7) is 8.51. The minimum Gasteiger partial charge on any atom is -0.369 e. The zero-order chi connectivity index (χ0) is 13.7. The molecule has 0 radical (unpaired) electrons. The van der Waals surface area contributed by atoms with Gasteiger partial charge in [0.15, 0.2) is 0 Å². The van der Waals surface area contributed by atoms with Gasteiger partial charge >= 0.3 is 0 Å². The van der Waals surface area contributed by atoms with Gasteiger partial charge in [-0.25, -0.2) is 4.98 Å². The Labute approximate surface area is 116 Å². The summed E-state index contributed by atoms with van der Waals surface area (Å²) in [6, 6.07) is 0. The van der Waals surface area contributed by atoms with Crippen LogP contribution < -0.4 is 10.6 Å². The van der Waals surface area contributed by atoms with Crippen LogP contribution in [0.3, 0.4) is 0 Å². The fourth-order valence-electron chi connectivity index (χ4n) is 2.69. The Kier molecular flexibility index (Phi) is 5.00. The predicted octanol–water partition coefficient (Wildman–Crippen LogP) is 3.46. The summed E-state index contributed by atoms with van der Waals surface area (Å²) in [5.74, 6) is 3.40. The van der Waals surface area contributed by atoms with E-state index < -0.39 is 0 Å². The molecule has 0 saturated heterocycles. The maximum Gasteiger partial charge on any atom is 0.224 e. The molecule has 4 nitrogen and oxygen atoms in total. The molecule has 0 aliphatic heterocycles. The Hall–Kier alpha value is -1.32. The van der Waals surface area contributed by atoms with Crippen molar-refractivity contribution in [2.75, 3.05) is 23.7 Å². The number of anilines is 2. The van der Waals surface area contributed by atoms with Gasteiger partial charge in [-0.15, -0.1) is 0 Å². The van der Waals surface area contributed by atoms with Gasteiger partial charge in [0.25, 0.3) is 0 Å². The molecule has 2 unspecified atom stereocenters. The lowest BCUT2D eigenvalue weighted by Crippen LogP contribution is -2.14. The summed E-state index contributed by atoms with van der Waals surface area (Å²) in [5.41, 5.74) is 1.12. The zero-order valence-electron chi connectivity index (χ0n) is 12.4. The van der Waals surface area contributed by atoms with E-state index in [0.717, 1.165) is 48.7 Å². The standard InChI is InChI=1S/C15H26N4/c1-4-7-16-15-18-9-12(3)14(19-15)17-10-13-6-5-11(2)8-13/h9,11,13H,4-8,10H2,1-3H3,(H2,16,17,18,19). The fourth-order valence-corrected chi connectivity index (χ4v) is 2.69. The van der Waals surface area contributed by atoms with Gasteiger partial charge in [0, 0.05) is 24.8 Å². The Balaban J connectivity index is 1.91. The summed E-state index contributed by atoms with van der Waals surface area (Å²) in [5, 5.41) is 6.74. The minimum absolute atomic E-state index is 0.731. The normalized spacial score (nSPS) is 22.5. The second kappa shape index (κ2) is 6.73. The molecule has 0 spiro atoms. The molecule has 106 valence electrons. The highest BCUT2D eigenvalue weighted by Gasteiger charge is 2.21. The van der Waals surface area contributed by atoms with E-state index in [1.54, 1.807) is 0 Å². The lowest BCUT2D eigenvalue weighted by molar-refractivity contribution is 0.536. The molecule has 2 atom stereocenters. The van der Waals surface area contributed by atoms with Gasteiger partial charge in [-0.3, -0.25) is 0 Å². The quantitative estimate of drug-likeness (QED) is 0.824. The van der Waals surface area contributed by atoms with Crippen LogP contribution in [-0.4, -0.2) is 23.1 Å². The van der Waals surface area contributed by atoms with Crippen molar-refractivity contribution < 1.29 is 0 Å². The largest absolute Gasteiger partial charge is 0.369 e. The van der Waals surface area contributed by atoms with Crippen LogP contribution in [0.1, 0.15) is 45.1 Å². The molecular formula is C15H26N4. The first kappa shape index (κ1) is 14.1. The van der Waals surface area contributed by atoms with E-state index in [2.05, 4.69) is 41.4 Å². The summed E-state index contributed by atoms with van der Waals surface area (Å²) in [4.78, 5) is 8.86. The van der Waals surface area contributed by atoms with Gasteiger partial charge < -0.3 is 10.6 Å². The highest BCUT2D eigenvalue weighted by molar-refractivity contribution is 5.46. The van der Waals surface area contributed by atoms with E-state index in [4.69, 9.17) is 0 Å². The van der Waals surface area contributed by atoms with Gasteiger partial charge in [-0.2, -0.15) is 4.98 Å². The number of hydrogen-bond donors (Lipinski definition) is 2. The monoisotopic (exact) mass is 262 g/mol. The maximum absolute atomic E-state index is 4.56. The molecule has 1 aliphatic rings. The topological polar surface area (TPSA) is 49.8 Å². The van der Waals surface area contributed by atoms with Gasteiger partial charge in [0.05, 0.1) is 0 Å². The smallest absolute Gasteiger partial charge is 0.224 e. The van der Waals surface area contributed by atoms with Crippen LogP contribution in [0.2, 0.25) is 0 Å². The van der Waals surface area contributed by atoms with Crippen LogP contribution in [0.5, 0.6) is 0 Å². The molecule has 2 rings (SSSR count). The molecule has 1 aliphatic carbocycles. The number of rotatable bonds is 6. The van der Waals surface area contributed by atoms with E-state index in [9.17, 15) is 0 Å². The van der Waals surface area contributed by atoms with Crippen LogP contribution in [-0.2, 0) is 0 Å². The molecule has 4 heteroatoms. The molecule has 1 saturated carbocycles. The molecule has 2 N–H and O–H groups in total. The van der Waals surface area contributed by atoms with E-state index in [1.165, 1.54) is 19.3 Å². The van der Waals surface area contributed by atoms with Crippen LogP contribution in [0.15, 0.2) is 6.20 Å². The van der Waals surface area contributed by atoms with E-state index in [-0.39, 0.29) is 0 Å². The van der Waals surface area contributed by atoms with Crippen molar-refractivity contribution in [3.63, 3.8) is 0 Å². The molecule has 0 aromatic carbocycles.